The normalized spacial score (nSPS) is 12.2. The van der Waals surface area contributed by atoms with Gasteiger partial charge in [0.15, 0.2) is 9.84 Å². The smallest absolute Gasteiger partial charge is 0.168 e. The van der Waals surface area contributed by atoms with E-state index in [1.807, 2.05) is 0 Å². The van der Waals surface area contributed by atoms with E-state index in [-0.39, 0.29) is 0 Å². The van der Waals surface area contributed by atoms with Gasteiger partial charge in [0.1, 0.15) is 0 Å². The molecule has 0 bridgehead atoms. The van der Waals surface area contributed by atoms with Crippen LogP contribution in [0.3, 0.4) is 0 Å². The Labute approximate surface area is 82.8 Å². The quantitative estimate of drug-likeness (QED) is 0.761. The lowest BCUT2D eigenvalue weighted by atomic mass is 10.2. The molecule has 70 valence electrons. The van der Waals surface area contributed by atoms with Crippen molar-refractivity contribution in [1.82, 2.24) is 0 Å². The van der Waals surface area contributed by atoms with Gasteiger partial charge < -0.3 is 0 Å². The van der Waals surface area contributed by atoms with E-state index in [1.54, 1.807) is 24.3 Å². The first-order chi connectivity index (χ1) is 5.99. The summed E-state index contributed by atoms with van der Waals surface area (Å²) in [5.74, 6) is 0. The summed E-state index contributed by atoms with van der Waals surface area (Å²) in [5.41, 5.74) is 0.703. The van der Waals surface area contributed by atoms with Gasteiger partial charge in [0.25, 0.3) is 0 Å². The Bertz CT molecular complexity index is 421. The van der Waals surface area contributed by atoms with Crippen molar-refractivity contribution in [2.75, 3.05) is 6.26 Å². The average molecular weight is 217 g/mol. The summed E-state index contributed by atoms with van der Waals surface area (Å²) in [6, 6.07) is 7.06. The molecule has 0 aromatic heterocycles. The molecule has 1 rings (SSSR count). The van der Waals surface area contributed by atoms with E-state index < -0.39 is 9.84 Å². The Morgan fingerprint density at radius 3 is 2.46 bits per heavy atom. The van der Waals surface area contributed by atoms with Crippen molar-refractivity contribution in [2.24, 2.45) is 0 Å². The van der Waals surface area contributed by atoms with Crippen molar-refractivity contribution < 1.29 is 8.42 Å². The van der Waals surface area contributed by atoms with Gasteiger partial charge in [-0.1, -0.05) is 29.8 Å². The number of hydrogen-bond acceptors (Lipinski definition) is 2. The molecule has 1 aromatic carbocycles. The zero-order valence-corrected chi connectivity index (χ0v) is 8.64. The van der Waals surface area contributed by atoms with Crippen LogP contribution in [0.1, 0.15) is 5.56 Å². The molecule has 0 saturated heterocycles. The Kier molecular flexibility index (Phi) is 3.12. The van der Waals surface area contributed by atoms with Gasteiger partial charge in [-0.2, -0.15) is 0 Å². The van der Waals surface area contributed by atoms with E-state index in [1.165, 1.54) is 6.08 Å². The molecule has 0 N–H and O–H groups in total. The molecule has 0 aliphatic rings. The molecule has 0 aliphatic heterocycles. The van der Waals surface area contributed by atoms with Crippen molar-refractivity contribution >= 4 is 27.5 Å². The number of rotatable bonds is 2. The molecule has 0 spiro atoms. The van der Waals surface area contributed by atoms with Crippen LogP contribution in [0.5, 0.6) is 0 Å². The first-order valence-electron chi connectivity index (χ1n) is 3.62. The molecule has 0 heterocycles. The van der Waals surface area contributed by atoms with Crippen LogP contribution >= 0.6 is 11.6 Å². The highest BCUT2D eigenvalue weighted by Gasteiger charge is 1.96. The van der Waals surface area contributed by atoms with Gasteiger partial charge >= 0.3 is 0 Å². The van der Waals surface area contributed by atoms with E-state index in [9.17, 15) is 8.42 Å². The third-order valence-electron chi connectivity index (χ3n) is 1.40. The van der Waals surface area contributed by atoms with Gasteiger partial charge in [-0.25, -0.2) is 8.42 Å². The van der Waals surface area contributed by atoms with Crippen molar-refractivity contribution in [3.05, 3.63) is 40.3 Å². The average Bonchev–Trinajstić information content (AvgIpc) is 2.01. The maximum absolute atomic E-state index is 10.8. The molecule has 0 aliphatic carbocycles. The predicted octanol–water partition coefficient (Wildman–Crippen LogP) is 2.36. The molecule has 2 nitrogen and oxygen atoms in total. The second kappa shape index (κ2) is 3.94. The van der Waals surface area contributed by atoms with Crippen LogP contribution in [0.2, 0.25) is 5.02 Å². The van der Waals surface area contributed by atoms with Gasteiger partial charge in [-0.15, -0.1) is 0 Å². The highest BCUT2D eigenvalue weighted by atomic mass is 35.5. The number of sulfone groups is 1. The van der Waals surface area contributed by atoms with Crippen LogP contribution in [0, 0.1) is 0 Å². The molecule has 0 unspecified atom stereocenters. The molecule has 4 heteroatoms. The number of halogens is 1. The zero-order chi connectivity index (χ0) is 9.90. The van der Waals surface area contributed by atoms with Gasteiger partial charge in [0.2, 0.25) is 0 Å². The summed E-state index contributed by atoms with van der Waals surface area (Å²) in [6.07, 6.45) is 2.62. The van der Waals surface area contributed by atoms with Gasteiger partial charge in [-0.05, 0) is 17.7 Å². The summed E-state index contributed by atoms with van der Waals surface area (Å²) in [6.45, 7) is 0. The van der Waals surface area contributed by atoms with Crippen LogP contribution in [0.4, 0.5) is 0 Å². The van der Waals surface area contributed by atoms with Gasteiger partial charge in [0, 0.05) is 16.7 Å². The fraction of sp³-hybridized carbons (Fsp3) is 0.111. The summed E-state index contributed by atoms with van der Waals surface area (Å²) in [5, 5.41) is 1.68. The van der Waals surface area contributed by atoms with E-state index in [2.05, 4.69) is 0 Å². The molecular weight excluding hydrogens is 208 g/mol. The van der Waals surface area contributed by atoms with E-state index in [0.717, 1.165) is 11.7 Å². The molecule has 0 atom stereocenters. The van der Waals surface area contributed by atoms with Crippen LogP contribution < -0.4 is 0 Å². The van der Waals surface area contributed by atoms with Crippen LogP contribution in [0.25, 0.3) is 6.08 Å². The van der Waals surface area contributed by atoms with Crippen molar-refractivity contribution in [3.8, 4) is 0 Å². The minimum atomic E-state index is -3.08. The lowest BCUT2D eigenvalue weighted by Gasteiger charge is -1.95. The summed E-state index contributed by atoms with van der Waals surface area (Å²) in [7, 11) is -3.08. The fourth-order valence-corrected chi connectivity index (χ4v) is 1.40. The molecule has 0 saturated carbocycles. The van der Waals surface area contributed by atoms with E-state index in [0.29, 0.717) is 10.6 Å². The van der Waals surface area contributed by atoms with Crippen LogP contribution in [-0.2, 0) is 9.84 Å². The first kappa shape index (κ1) is 10.3. The molecule has 0 amide bonds. The Balaban J connectivity index is 3.00. The van der Waals surface area contributed by atoms with Gasteiger partial charge in [0.05, 0.1) is 0 Å². The topological polar surface area (TPSA) is 34.1 Å². The summed E-state index contributed by atoms with van der Waals surface area (Å²) in [4.78, 5) is 0. The van der Waals surface area contributed by atoms with Crippen molar-refractivity contribution in [3.63, 3.8) is 0 Å². The maximum Gasteiger partial charge on any atom is 0.168 e. The van der Waals surface area contributed by atoms with Crippen LogP contribution in [-0.4, -0.2) is 14.7 Å². The Morgan fingerprint density at radius 2 is 1.92 bits per heavy atom. The van der Waals surface area contributed by atoms with E-state index in [4.69, 9.17) is 11.6 Å². The largest absolute Gasteiger partial charge is 0.225 e. The second-order valence-corrected chi connectivity index (χ2v) is 4.99. The van der Waals surface area contributed by atoms with Gasteiger partial charge in [-0.3, -0.25) is 0 Å². The maximum atomic E-state index is 10.8. The van der Waals surface area contributed by atoms with E-state index >= 15 is 0 Å². The molecule has 13 heavy (non-hydrogen) atoms. The lowest BCUT2D eigenvalue weighted by Crippen LogP contribution is -1.87. The highest BCUT2D eigenvalue weighted by molar-refractivity contribution is 7.93. The second-order valence-electron chi connectivity index (χ2n) is 2.65. The Hall–Kier alpha value is -0.800. The molecular formula is C9H9ClO2S. The number of hydrogen-bond donors (Lipinski definition) is 0. The Morgan fingerprint density at radius 1 is 1.31 bits per heavy atom. The summed E-state index contributed by atoms with van der Waals surface area (Å²) < 4.78 is 21.6. The fourth-order valence-electron chi connectivity index (χ4n) is 0.807. The predicted molar refractivity (Wildman–Crippen MR) is 55.3 cm³/mol. The molecule has 0 fully saturated rings. The summed E-state index contributed by atoms with van der Waals surface area (Å²) >= 11 is 5.81. The highest BCUT2D eigenvalue weighted by Crippen LogP contribution is 2.16. The standard InChI is InChI=1S/C9H9ClO2S/c1-13(11,12)7-6-8-4-2-3-5-9(8)10/h2-7H,1H3/b7-6+. The minimum Gasteiger partial charge on any atom is -0.225 e. The third kappa shape index (κ3) is 3.61. The van der Waals surface area contributed by atoms with Crippen LogP contribution in [0.15, 0.2) is 29.7 Å². The SMILES string of the molecule is CS(=O)(=O)/C=C/c1ccccc1Cl. The zero-order valence-electron chi connectivity index (χ0n) is 7.07. The molecule has 1 aromatic rings. The first-order valence-corrected chi connectivity index (χ1v) is 5.95. The van der Waals surface area contributed by atoms with Crippen molar-refractivity contribution in [2.45, 2.75) is 0 Å². The minimum absolute atomic E-state index is 0.544. The monoisotopic (exact) mass is 216 g/mol. The van der Waals surface area contributed by atoms with Crippen molar-refractivity contribution in [1.29, 1.82) is 0 Å². The lowest BCUT2D eigenvalue weighted by molar-refractivity contribution is 0.610. The number of benzene rings is 1. The molecule has 0 radical (unpaired) electrons. The third-order valence-corrected chi connectivity index (χ3v) is 2.37.